The zero-order valence-corrected chi connectivity index (χ0v) is 26.8. The molecule has 2 heteroatoms. The topological polar surface area (TPSA) is 19.7 Å². The summed E-state index contributed by atoms with van der Waals surface area (Å²) in [6, 6.07) is 0.623. The van der Waals surface area contributed by atoms with Crippen LogP contribution in [0.3, 0.4) is 0 Å². The van der Waals surface area contributed by atoms with Gasteiger partial charge in [-0.2, -0.15) is 0 Å². The standard InChI is InChI=1S/C36H70N2/c1-5-8-11-13-15-16-17-18-19-20-21-22-23-24-26-28-31-35(30-10-7-3)36-37-32-33-38(36)34(4)29-27-25-14-12-9-6-2/h32-35H,5-31H2,1-4H3/p+1. The van der Waals surface area contributed by atoms with Crippen molar-refractivity contribution in [2.75, 3.05) is 0 Å². The van der Waals surface area contributed by atoms with Crippen molar-refractivity contribution in [1.29, 1.82) is 0 Å². The number of imidazole rings is 1. The summed E-state index contributed by atoms with van der Waals surface area (Å²) in [5, 5.41) is 0. The Morgan fingerprint density at radius 1 is 0.500 bits per heavy atom. The van der Waals surface area contributed by atoms with Gasteiger partial charge in [-0.1, -0.05) is 168 Å². The number of rotatable bonds is 29. The molecule has 0 saturated heterocycles. The van der Waals surface area contributed by atoms with Crippen molar-refractivity contribution < 1.29 is 4.57 Å². The Kier molecular flexibility index (Phi) is 24.5. The van der Waals surface area contributed by atoms with E-state index < -0.39 is 0 Å². The van der Waals surface area contributed by atoms with E-state index in [2.05, 4.69) is 49.6 Å². The van der Waals surface area contributed by atoms with Gasteiger partial charge in [-0.05, 0) is 32.6 Å². The molecule has 0 aromatic carbocycles. The molecular weight excluding hydrogens is 460 g/mol. The second-order valence-corrected chi connectivity index (χ2v) is 12.6. The number of hydrogen-bond acceptors (Lipinski definition) is 0. The summed E-state index contributed by atoms with van der Waals surface area (Å²) >= 11 is 0. The van der Waals surface area contributed by atoms with Crippen molar-refractivity contribution in [2.45, 2.75) is 213 Å². The van der Waals surface area contributed by atoms with E-state index in [1.807, 2.05) is 0 Å². The van der Waals surface area contributed by atoms with Crippen molar-refractivity contribution in [3.05, 3.63) is 18.2 Å². The van der Waals surface area contributed by atoms with Gasteiger partial charge in [0.1, 0.15) is 12.4 Å². The number of nitrogens with zero attached hydrogens (tertiary/aromatic N) is 1. The van der Waals surface area contributed by atoms with Gasteiger partial charge in [-0.3, -0.25) is 0 Å². The van der Waals surface area contributed by atoms with Gasteiger partial charge >= 0.3 is 0 Å². The van der Waals surface area contributed by atoms with Crippen molar-refractivity contribution in [3.8, 4) is 0 Å². The highest BCUT2D eigenvalue weighted by atomic mass is 15.1. The van der Waals surface area contributed by atoms with E-state index in [0.717, 1.165) is 0 Å². The van der Waals surface area contributed by atoms with Crippen LogP contribution >= 0.6 is 0 Å². The molecular formula is C36H71N2+. The van der Waals surface area contributed by atoms with Crippen LogP contribution in [0.15, 0.2) is 12.4 Å². The molecule has 2 nitrogen and oxygen atoms in total. The molecule has 1 heterocycles. The first-order chi connectivity index (χ1) is 18.7. The maximum Gasteiger partial charge on any atom is 0.257 e. The van der Waals surface area contributed by atoms with Crippen LogP contribution in [0.1, 0.15) is 219 Å². The Morgan fingerprint density at radius 3 is 1.32 bits per heavy atom. The van der Waals surface area contributed by atoms with Crippen LogP contribution in [0.4, 0.5) is 0 Å². The monoisotopic (exact) mass is 532 g/mol. The van der Waals surface area contributed by atoms with E-state index in [0.29, 0.717) is 12.0 Å². The van der Waals surface area contributed by atoms with Gasteiger partial charge in [0.05, 0.1) is 12.0 Å². The fourth-order valence-corrected chi connectivity index (χ4v) is 6.24. The number of unbranched alkanes of at least 4 members (excludes halogenated alkanes) is 21. The van der Waals surface area contributed by atoms with Crippen LogP contribution in [0.5, 0.6) is 0 Å². The average Bonchev–Trinajstić information content (AvgIpc) is 3.42. The lowest BCUT2D eigenvalue weighted by atomic mass is 9.93. The summed E-state index contributed by atoms with van der Waals surface area (Å²) in [6.07, 6.45) is 42.8. The molecule has 224 valence electrons. The third-order valence-electron chi connectivity index (χ3n) is 8.89. The Hall–Kier alpha value is -0.790. The number of aromatic nitrogens is 2. The van der Waals surface area contributed by atoms with Gasteiger partial charge in [-0.15, -0.1) is 0 Å². The lowest BCUT2D eigenvalue weighted by Gasteiger charge is -2.17. The minimum atomic E-state index is 0.623. The van der Waals surface area contributed by atoms with Crippen LogP contribution in [0.25, 0.3) is 0 Å². The molecule has 0 aliphatic heterocycles. The maximum atomic E-state index is 3.68. The first-order valence-electron chi connectivity index (χ1n) is 17.8. The molecule has 0 spiro atoms. The van der Waals surface area contributed by atoms with Gasteiger partial charge in [0.2, 0.25) is 0 Å². The van der Waals surface area contributed by atoms with Gasteiger partial charge in [-0.25, -0.2) is 9.55 Å². The molecule has 0 bridgehead atoms. The van der Waals surface area contributed by atoms with E-state index in [1.165, 1.54) is 179 Å². The third-order valence-corrected chi connectivity index (χ3v) is 8.89. The molecule has 0 aliphatic rings. The Balaban J connectivity index is 2.17. The van der Waals surface area contributed by atoms with Crippen LogP contribution in [-0.2, 0) is 0 Å². The SMILES string of the molecule is CCCCCCCCCCCCCCCCCCC(CCCC)c1[nH]cc[n+]1C(C)CCCCCCCC. The van der Waals surface area contributed by atoms with Crippen LogP contribution < -0.4 is 4.57 Å². The lowest BCUT2D eigenvalue weighted by Crippen LogP contribution is -2.41. The predicted molar refractivity (Wildman–Crippen MR) is 170 cm³/mol. The second kappa shape index (κ2) is 26.4. The van der Waals surface area contributed by atoms with Gasteiger partial charge in [0.25, 0.3) is 5.82 Å². The fourth-order valence-electron chi connectivity index (χ4n) is 6.24. The number of hydrogen-bond donors (Lipinski definition) is 1. The molecule has 2 atom stereocenters. The Morgan fingerprint density at radius 2 is 0.868 bits per heavy atom. The first kappa shape index (κ1) is 35.2. The molecule has 1 aromatic rings. The Labute approximate surface area is 240 Å². The number of H-pyrrole nitrogens is 1. The Bertz CT molecular complexity index is 592. The molecule has 1 aromatic heterocycles. The van der Waals surface area contributed by atoms with E-state index in [9.17, 15) is 0 Å². The molecule has 1 rings (SSSR count). The summed E-state index contributed by atoms with van der Waals surface area (Å²) in [6.45, 7) is 9.40. The highest BCUT2D eigenvalue weighted by Crippen LogP contribution is 2.26. The van der Waals surface area contributed by atoms with Crippen molar-refractivity contribution in [3.63, 3.8) is 0 Å². The van der Waals surface area contributed by atoms with Gasteiger partial charge in [0.15, 0.2) is 0 Å². The molecule has 0 radical (unpaired) electrons. The normalized spacial score (nSPS) is 13.3. The van der Waals surface area contributed by atoms with Crippen molar-refractivity contribution in [2.24, 2.45) is 0 Å². The van der Waals surface area contributed by atoms with Crippen LogP contribution in [-0.4, -0.2) is 4.98 Å². The molecule has 0 amide bonds. The van der Waals surface area contributed by atoms with Gasteiger partial charge < -0.3 is 0 Å². The van der Waals surface area contributed by atoms with E-state index in [4.69, 9.17) is 0 Å². The van der Waals surface area contributed by atoms with Crippen LogP contribution in [0, 0.1) is 0 Å². The quantitative estimate of drug-likeness (QED) is 0.0783. The molecule has 0 fully saturated rings. The zero-order chi connectivity index (χ0) is 27.5. The van der Waals surface area contributed by atoms with Crippen LogP contribution in [0.2, 0.25) is 0 Å². The molecule has 1 N–H and O–H groups in total. The highest BCUT2D eigenvalue weighted by Gasteiger charge is 2.25. The first-order valence-corrected chi connectivity index (χ1v) is 17.8. The second-order valence-electron chi connectivity index (χ2n) is 12.6. The summed E-state index contributed by atoms with van der Waals surface area (Å²) in [5.41, 5.74) is 0. The fraction of sp³-hybridized carbons (Fsp3) is 0.917. The minimum absolute atomic E-state index is 0.623. The van der Waals surface area contributed by atoms with Gasteiger partial charge in [0, 0.05) is 0 Å². The molecule has 38 heavy (non-hydrogen) atoms. The minimum Gasteiger partial charge on any atom is -0.247 e. The summed E-state index contributed by atoms with van der Waals surface area (Å²) < 4.78 is 2.60. The van der Waals surface area contributed by atoms with E-state index in [-0.39, 0.29) is 0 Å². The lowest BCUT2D eigenvalue weighted by molar-refractivity contribution is -0.727. The third kappa shape index (κ3) is 18.5. The molecule has 0 aliphatic carbocycles. The highest BCUT2D eigenvalue weighted by molar-refractivity contribution is 4.90. The molecule has 0 saturated carbocycles. The van der Waals surface area contributed by atoms with E-state index in [1.54, 1.807) is 0 Å². The van der Waals surface area contributed by atoms with E-state index >= 15 is 0 Å². The smallest absolute Gasteiger partial charge is 0.247 e. The summed E-state index contributed by atoms with van der Waals surface area (Å²) in [7, 11) is 0. The predicted octanol–water partition coefficient (Wildman–Crippen LogP) is 12.5. The maximum absolute atomic E-state index is 3.68. The molecule has 2 unspecified atom stereocenters. The number of aromatic amines is 1. The van der Waals surface area contributed by atoms with Crippen molar-refractivity contribution in [1.82, 2.24) is 4.98 Å². The largest absolute Gasteiger partial charge is 0.257 e. The summed E-state index contributed by atoms with van der Waals surface area (Å²) in [4.78, 5) is 3.68. The van der Waals surface area contributed by atoms with Crippen molar-refractivity contribution >= 4 is 0 Å². The summed E-state index contributed by atoms with van der Waals surface area (Å²) in [5.74, 6) is 2.22. The zero-order valence-electron chi connectivity index (χ0n) is 26.8. The number of nitrogens with one attached hydrogen (secondary N) is 1. The average molecular weight is 532 g/mol.